The second-order valence-corrected chi connectivity index (χ2v) is 10.5. The largest absolute Gasteiger partial charge is 0.300 e. The molecule has 4 rings (SSSR count). The molecule has 1 unspecified atom stereocenters. The van der Waals surface area contributed by atoms with Gasteiger partial charge in [-0.15, -0.1) is 22.7 Å². The molecule has 0 radical (unpaired) electrons. The Hall–Kier alpha value is -2.49. The van der Waals surface area contributed by atoms with Crippen molar-refractivity contribution in [3.05, 3.63) is 56.6 Å². The third-order valence-corrected chi connectivity index (χ3v) is 7.45. The minimum atomic E-state index is -0.891. The van der Waals surface area contributed by atoms with E-state index in [2.05, 4.69) is 23.3 Å². The number of anilines is 1. The number of thioether (sulfide) groups is 1. The SMILES string of the molecule is CSCCC(C(=O)Nc1nc(-c2cc(C)sc2C)cs1)N1C(=O)c2ccccc2C1=O. The molecular formula is C22H21N3O3S3. The van der Waals surface area contributed by atoms with Gasteiger partial charge in [-0.3, -0.25) is 19.3 Å². The summed E-state index contributed by atoms with van der Waals surface area (Å²) in [4.78, 5) is 47.0. The molecular weight excluding hydrogens is 450 g/mol. The molecule has 1 aromatic carbocycles. The van der Waals surface area contributed by atoms with Crippen molar-refractivity contribution in [3.63, 3.8) is 0 Å². The molecule has 6 nitrogen and oxygen atoms in total. The first-order valence-electron chi connectivity index (χ1n) is 9.70. The molecule has 0 saturated carbocycles. The average Bonchev–Trinajstić information content (AvgIpc) is 3.41. The molecule has 31 heavy (non-hydrogen) atoms. The van der Waals surface area contributed by atoms with E-state index in [-0.39, 0.29) is 0 Å². The van der Waals surface area contributed by atoms with Crippen molar-refractivity contribution in [1.82, 2.24) is 9.88 Å². The summed E-state index contributed by atoms with van der Waals surface area (Å²) in [6.07, 6.45) is 2.30. The summed E-state index contributed by atoms with van der Waals surface area (Å²) in [5.41, 5.74) is 2.55. The predicted molar refractivity (Wildman–Crippen MR) is 127 cm³/mol. The fourth-order valence-corrected chi connectivity index (χ4v) is 5.73. The van der Waals surface area contributed by atoms with Crippen LogP contribution in [0.25, 0.3) is 11.3 Å². The molecule has 1 aliphatic rings. The molecule has 0 saturated heterocycles. The van der Waals surface area contributed by atoms with E-state index in [1.165, 1.54) is 21.1 Å². The molecule has 9 heteroatoms. The van der Waals surface area contributed by atoms with E-state index >= 15 is 0 Å². The third-order valence-electron chi connectivity index (χ3n) is 5.09. The number of benzene rings is 1. The first kappa shape index (κ1) is 21.7. The molecule has 2 aromatic heterocycles. The number of hydrogen-bond donors (Lipinski definition) is 1. The van der Waals surface area contributed by atoms with E-state index in [0.717, 1.165) is 16.2 Å². The van der Waals surface area contributed by atoms with Crippen molar-refractivity contribution in [2.75, 3.05) is 17.3 Å². The quantitative estimate of drug-likeness (QED) is 0.499. The van der Waals surface area contributed by atoms with Gasteiger partial charge in [0, 0.05) is 20.7 Å². The van der Waals surface area contributed by atoms with E-state index in [0.29, 0.717) is 28.4 Å². The van der Waals surface area contributed by atoms with Crippen LogP contribution in [0.2, 0.25) is 0 Å². The predicted octanol–water partition coefficient (Wildman–Crippen LogP) is 4.84. The summed E-state index contributed by atoms with van der Waals surface area (Å²) in [5.74, 6) is -0.609. The lowest BCUT2D eigenvalue weighted by Crippen LogP contribution is -2.47. The van der Waals surface area contributed by atoms with Crippen LogP contribution in [0.15, 0.2) is 35.7 Å². The molecule has 0 aliphatic carbocycles. The van der Waals surface area contributed by atoms with Crippen LogP contribution in [0.4, 0.5) is 5.13 Å². The van der Waals surface area contributed by atoms with Crippen molar-refractivity contribution < 1.29 is 14.4 Å². The van der Waals surface area contributed by atoms with Crippen LogP contribution in [0.1, 0.15) is 36.9 Å². The second-order valence-electron chi connectivity index (χ2n) is 7.18. The van der Waals surface area contributed by atoms with Crippen LogP contribution in [0.5, 0.6) is 0 Å². The Morgan fingerprint density at radius 2 is 1.84 bits per heavy atom. The Morgan fingerprint density at radius 1 is 1.16 bits per heavy atom. The zero-order valence-corrected chi connectivity index (χ0v) is 19.7. The second kappa shape index (κ2) is 8.94. The van der Waals surface area contributed by atoms with Gasteiger partial charge in [-0.2, -0.15) is 11.8 Å². The zero-order valence-electron chi connectivity index (χ0n) is 17.3. The van der Waals surface area contributed by atoms with E-state index < -0.39 is 23.8 Å². The first-order chi connectivity index (χ1) is 14.9. The van der Waals surface area contributed by atoms with Crippen molar-refractivity contribution >= 4 is 57.3 Å². The number of fused-ring (bicyclic) bond motifs is 1. The van der Waals surface area contributed by atoms with Gasteiger partial charge in [-0.25, -0.2) is 4.98 Å². The zero-order chi connectivity index (χ0) is 22.1. The molecule has 3 heterocycles. The van der Waals surface area contributed by atoms with Gasteiger partial charge < -0.3 is 5.32 Å². The van der Waals surface area contributed by atoms with Crippen LogP contribution < -0.4 is 5.32 Å². The van der Waals surface area contributed by atoms with Crippen molar-refractivity contribution in [1.29, 1.82) is 0 Å². The van der Waals surface area contributed by atoms with Crippen LogP contribution in [-0.4, -0.2) is 45.7 Å². The van der Waals surface area contributed by atoms with E-state index in [4.69, 9.17) is 0 Å². The number of nitrogens with zero attached hydrogens (tertiary/aromatic N) is 2. The maximum Gasteiger partial charge on any atom is 0.262 e. The Kier molecular flexibility index (Phi) is 6.27. The van der Waals surface area contributed by atoms with E-state index in [1.807, 2.05) is 18.6 Å². The molecule has 3 amide bonds. The molecule has 0 spiro atoms. The molecule has 0 bridgehead atoms. The van der Waals surface area contributed by atoms with Crippen molar-refractivity contribution in [3.8, 4) is 11.3 Å². The number of nitrogens with one attached hydrogen (secondary N) is 1. The van der Waals surface area contributed by atoms with Crippen molar-refractivity contribution in [2.24, 2.45) is 0 Å². The highest BCUT2D eigenvalue weighted by Gasteiger charge is 2.42. The summed E-state index contributed by atoms with van der Waals surface area (Å²) in [7, 11) is 0. The normalized spacial score (nSPS) is 14.1. The number of thiazole rings is 1. The monoisotopic (exact) mass is 471 g/mol. The lowest BCUT2D eigenvalue weighted by Gasteiger charge is -2.24. The maximum atomic E-state index is 13.2. The lowest BCUT2D eigenvalue weighted by molar-refractivity contribution is -0.120. The van der Waals surface area contributed by atoms with Gasteiger partial charge in [0.15, 0.2) is 5.13 Å². The number of imide groups is 1. The first-order valence-corrected chi connectivity index (χ1v) is 12.8. The highest BCUT2D eigenvalue weighted by Crippen LogP contribution is 2.33. The highest BCUT2D eigenvalue weighted by atomic mass is 32.2. The Morgan fingerprint density at radius 3 is 2.42 bits per heavy atom. The summed E-state index contributed by atoms with van der Waals surface area (Å²) < 4.78 is 0. The van der Waals surface area contributed by atoms with Gasteiger partial charge in [0.25, 0.3) is 11.8 Å². The fraction of sp³-hybridized carbons (Fsp3) is 0.273. The Labute approximate surface area is 192 Å². The average molecular weight is 472 g/mol. The molecule has 1 aliphatic heterocycles. The van der Waals surface area contributed by atoms with E-state index in [1.54, 1.807) is 47.4 Å². The smallest absolute Gasteiger partial charge is 0.262 e. The van der Waals surface area contributed by atoms with Gasteiger partial charge in [0.2, 0.25) is 5.91 Å². The van der Waals surface area contributed by atoms with Crippen LogP contribution >= 0.6 is 34.4 Å². The summed E-state index contributed by atoms with van der Waals surface area (Å²) in [6.45, 7) is 4.10. The number of carbonyl (C=O) groups is 3. The third kappa shape index (κ3) is 4.17. The molecule has 0 fully saturated rings. The molecule has 1 atom stereocenters. The van der Waals surface area contributed by atoms with Gasteiger partial charge in [-0.05, 0) is 50.5 Å². The standard InChI is InChI=1S/C22H21N3O3S3/c1-12-10-16(13(2)31-12)17-11-30-22(23-17)24-19(26)18(8-9-29-3)25-20(27)14-6-4-5-7-15(14)21(25)28/h4-7,10-11,18H,8-9H2,1-3H3,(H,23,24,26). The van der Waals surface area contributed by atoms with Crippen LogP contribution in [0, 0.1) is 13.8 Å². The van der Waals surface area contributed by atoms with Crippen LogP contribution in [0.3, 0.4) is 0 Å². The Bertz CT molecular complexity index is 1130. The van der Waals surface area contributed by atoms with Gasteiger partial charge >= 0.3 is 0 Å². The molecule has 1 N–H and O–H groups in total. The molecule has 3 aromatic rings. The number of aryl methyl sites for hydroxylation is 2. The minimum absolute atomic E-state index is 0.342. The number of amides is 3. The number of rotatable bonds is 7. The van der Waals surface area contributed by atoms with Gasteiger partial charge in [-0.1, -0.05) is 12.1 Å². The summed E-state index contributed by atoms with van der Waals surface area (Å²) in [5, 5.41) is 5.19. The van der Waals surface area contributed by atoms with Gasteiger partial charge in [0.1, 0.15) is 6.04 Å². The maximum absolute atomic E-state index is 13.2. The number of aromatic nitrogens is 1. The number of thiophene rings is 1. The topological polar surface area (TPSA) is 79.4 Å². The summed E-state index contributed by atoms with van der Waals surface area (Å²) >= 11 is 4.60. The number of carbonyl (C=O) groups excluding carboxylic acids is 3. The highest BCUT2D eigenvalue weighted by molar-refractivity contribution is 7.98. The Balaban J connectivity index is 1.57. The lowest BCUT2D eigenvalue weighted by atomic mass is 10.1. The molecule has 160 valence electrons. The number of hydrogen-bond acceptors (Lipinski definition) is 7. The minimum Gasteiger partial charge on any atom is -0.300 e. The summed E-state index contributed by atoms with van der Waals surface area (Å²) in [6, 6.07) is 7.87. The van der Waals surface area contributed by atoms with E-state index in [9.17, 15) is 14.4 Å². The van der Waals surface area contributed by atoms with Gasteiger partial charge in [0.05, 0.1) is 16.8 Å². The van der Waals surface area contributed by atoms with Crippen LogP contribution in [-0.2, 0) is 4.79 Å². The fourth-order valence-electron chi connectivity index (χ4n) is 3.63. The van der Waals surface area contributed by atoms with Crippen molar-refractivity contribution in [2.45, 2.75) is 26.3 Å².